The third kappa shape index (κ3) is 6.35. The van der Waals surface area contributed by atoms with E-state index >= 15 is 0 Å². The summed E-state index contributed by atoms with van der Waals surface area (Å²) in [5, 5.41) is 3.61. The average Bonchev–Trinajstić information content (AvgIpc) is 2.84. The second kappa shape index (κ2) is 10.4. The number of ketones is 1. The Balaban J connectivity index is 1.24. The summed E-state index contributed by atoms with van der Waals surface area (Å²) >= 11 is 0. The molecule has 1 aliphatic heterocycles. The summed E-state index contributed by atoms with van der Waals surface area (Å²) in [4.78, 5) is 19.5. The van der Waals surface area contributed by atoms with Gasteiger partial charge in [-0.25, -0.2) is 8.42 Å². The Morgan fingerprint density at radius 1 is 1.00 bits per heavy atom. The Hall–Kier alpha value is -2.87. The van der Waals surface area contributed by atoms with Crippen LogP contribution in [-0.4, -0.2) is 56.0 Å². The molecule has 3 aromatic rings. The van der Waals surface area contributed by atoms with Gasteiger partial charge in [0.2, 0.25) is 0 Å². The van der Waals surface area contributed by atoms with E-state index in [0.717, 1.165) is 54.9 Å². The molecule has 172 valence electrons. The molecule has 7 heteroatoms. The highest BCUT2D eigenvalue weighted by Gasteiger charge is 2.21. The quantitative estimate of drug-likeness (QED) is 0.515. The molecule has 2 heterocycles. The highest BCUT2D eigenvalue weighted by Crippen LogP contribution is 2.20. The fourth-order valence-electron chi connectivity index (χ4n) is 4.05. The van der Waals surface area contributed by atoms with Crippen molar-refractivity contribution in [2.24, 2.45) is 0 Å². The van der Waals surface area contributed by atoms with Gasteiger partial charge in [0.15, 0.2) is 15.6 Å². The van der Waals surface area contributed by atoms with Gasteiger partial charge in [0, 0.05) is 49.3 Å². The van der Waals surface area contributed by atoms with E-state index < -0.39 is 9.84 Å². The van der Waals surface area contributed by atoms with Crippen LogP contribution in [0, 0.1) is 0 Å². The minimum Gasteiger partial charge on any atom is -0.310 e. The Kier molecular flexibility index (Phi) is 7.33. The Labute approximate surface area is 195 Å². The number of sulfone groups is 1. The van der Waals surface area contributed by atoms with E-state index in [1.54, 1.807) is 24.3 Å². The van der Waals surface area contributed by atoms with E-state index in [9.17, 15) is 13.2 Å². The minimum absolute atomic E-state index is 0.180. The average molecular weight is 464 g/mol. The first-order valence-electron chi connectivity index (χ1n) is 11.2. The van der Waals surface area contributed by atoms with Crippen LogP contribution in [0.2, 0.25) is 0 Å². The van der Waals surface area contributed by atoms with E-state index in [1.807, 2.05) is 48.7 Å². The molecule has 0 spiro atoms. The normalized spacial score (nSPS) is 15.4. The number of carbonyl (C=O) groups is 1. The SMILES string of the molecule is CS(=O)(=O)c1ccc(-c2ccc(CNC3CCN(CC(=O)c4ccccc4)CC3)cn2)cc1. The van der Waals surface area contributed by atoms with Crippen molar-refractivity contribution in [2.75, 3.05) is 25.9 Å². The predicted octanol–water partition coefficient (Wildman–Crippen LogP) is 3.59. The molecule has 1 aromatic heterocycles. The van der Waals surface area contributed by atoms with Gasteiger partial charge in [0.1, 0.15) is 0 Å². The molecule has 0 atom stereocenters. The summed E-state index contributed by atoms with van der Waals surface area (Å²) in [5.74, 6) is 0.180. The fourth-order valence-corrected chi connectivity index (χ4v) is 4.68. The summed E-state index contributed by atoms with van der Waals surface area (Å²) in [5.41, 5.74) is 3.59. The van der Waals surface area contributed by atoms with Crippen molar-refractivity contribution in [3.63, 3.8) is 0 Å². The maximum absolute atomic E-state index is 12.4. The van der Waals surface area contributed by atoms with Crippen LogP contribution in [0.15, 0.2) is 77.8 Å². The molecule has 6 nitrogen and oxygen atoms in total. The van der Waals surface area contributed by atoms with Gasteiger partial charge in [-0.2, -0.15) is 0 Å². The number of likely N-dealkylation sites (tertiary alicyclic amines) is 1. The number of nitrogens with one attached hydrogen (secondary N) is 1. The molecular weight excluding hydrogens is 434 g/mol. The summed E-state index contributed by atoms with van der Waals surface area (Å²) < 4.78 is 23.2. The molecule has 1 fully saturated rings. The molecule has 0 saturated carbocycles. The van der Waals surface area contributed by atoms with Crippen molar-refractivity contribution in [2.45, 2.75) is 30.3 Å². The van der Waals surface area contributed by atoms with Gasteiger partial charge in [0.25, 0.3) is 0 Å². The van der Waals surface area contributed by atoms with Gasteiger partial charge >= 0.3 is 0 Å². The second-order valence-electron chi connectivity index (χ2n) is 8.57. The highest BCUT2D eigenvalue weighted by molar-refractivity contribution is 7.90. The van der Waals surface area contributed by atoms with Gasteiger partial charge in [0.05, 0.1) is 17.1 Å². The van der Waals surface area contributed by atoms with Crippen LogP contribution in [0.4, 0.5) is 0 Å². The molecule has 2 aromatic carbocycles. The first kappa shape index (κ1) is 23.3. The first-order chi connectivity index (χ1) is 15.9. The van der Waals surface area contributed by atoms with Gasteiger partial charge < -0.3 is 5.32 Å². The van der Waals surface area contributed by atoms with Crippen molar-refractivity contribution in [1.82, 2.24) is 15.2 Å². The van der Waals surface area contributed by atoms with Crippen LogP contribution in [0.1, 0.15) is 28.8 Å². The second-order valence-corrected chi connectivity index (χ2v) is 10.6. The maximum Gasteiger partial charge on any atom is 0.176 e. The van der Waals surface area contributed by atoms with E-state index in [2.05, 4.69) is 15.2 Å². The summed E-state index contributed by atoms with van der Waals surface area (Å²) in [6, 6.07) is 20.7. The molecule has 1 aliphatic rings. The monoisotopic (exact) mass is 463 g/mol. The number of benzene rings is 2. The standard InChI is InChI=1S/C26H29N3O3S/c1-33(31,32)24-10-8-21(9-11-24)25-12-7-20(18-28-25)17-27-23-13-15-29(16-14-23)19-26(30)22-5-3-2-4-6-22/h2-12,18,23,27H,13-17,19H2,1H3. The van der Waals surface area contributed by atoms with E-state index in [-0.39, 0.29) is 5.78 Å². The number of rotatable bonds is 8. The third-order valence-corrected chi connectivity index (χ3v) is 7.18. The lowest BCUT2D eigenvalue weighted by Gasteiger charge is -2.32. The number of hydrogen-bond acceptors (Lipinski definition) is 6. The maximum atomic E-state index is 12.4. The predicted molar refractivity (Wildman–Crippen MR) is 130 cm³/mol. The van der Waals surface area contributed by atoms with Gasteiger partial charge in [-0.05, 0) is 36.6 Å². The van der Waals surface area contributed by atoms with Gasteiger partial charge in [-0.15, -0.1) is 0 Å². The van der Waals surface area contributed by atoms with Gasteiger partial charge in [-0.3, -0.25) is 14.7 Å². The third-order valence-electron chi connectivity index (χ3n) is 6.05. The molecule has 0 amide bonds. The Bertz CT molecular complexity index is 1170. The first-order valence-corrected chi connectivity index (χ1v) is 13.1. The Morgan fingerprint density at radius 3 is 2.30 bits per heavy atom. The van der Waals surface area contributed by atoms with Crippen molar-refractivity contribution >= 4 is 15.6 Å². The molecule has 0 bridgehead atoms. The van der Waals surface area contributed by atoms with Crippen molar-refractivity contribution in [3.05, 3.63) is 84.1 Å². The van der Waals surface area contributed by atoms with E-state index in [4.69, 9.17) is 0 Å². The number of carbonyl (C=O) groups excluding carboxylic acids is 1. The van der Waals surface area contributed by atoms with Crippen LogP contribution in [0.25, 0.3) is 11.3 Å². The smallest absolute Gasteiger partial charge is 0.176 e. The molecular formula is C26H29N3O3S. The number of aromatic nitrogens is 1. The molecule has 0 radical (unpaired) electrons. The van der Waals surface area contributed by atoms with Gasteiger partial charge in [-0.1, -0.05) is 48.5 Å². The minimum atomic E-state index is -3.20. The number of nitrogens with zero attached hydrogens (tertiary/aromatic N) is 2. The van der Waals surface area contributed by atoms with Crippen LogP contribution >= 0.6 is 0 Å². The lowest BCUT2D eigenvalue weighted by atomic mass is 10.0. The van der Waals surface area contributed by atoms with E-state index in [1.165, 1.54) is 6.26 Å². The van der Waals surface area contributed by atoms with Crippen molar-refractivity contribution in [1.29, 1.82) is 0 Å². The largest absolute Gasteiger partial charge is 0.310 e. The zero-order valence-corrected chi connectivity index (χ0v) is 19.6. The number of piperidine rings is 1. The molecule has 0 aliphatic carbocycles. The van der Waals surface area contributed by atoms with Crippen LogP contribution < -0.4 is 5.32 Å². The Morgan fingerprint density at radius 2 is 1.70 bits per heavy atom. The molecule has 4 rings (SSSR count). The number of Topliss-reactive ketones (excluding diaryl/α,β-unsaturated/α-hetero) is 1. The summed E-state index contributed by atoms with van der Waals surface area (Å²) in [6.45, 7) is 3.05. The molecule has 1 N–H and O–H groups in total. The zero-order chi connectivity index (χ0) is 23.3. The fraction of sp³-hybridized carbons (Fsp3) is 0.308. The van der Waals surface area contributed by atoms with Crippen LogP contribution in [-0.2, 0) is 16.4 Å². The van der Waals surface area contributed by atoms with Crippen LogP contribution in [0.5, 0.6) is 0 Å². The lowest BCUT2D eigenvalue weighted by molar-refractivity contribution is 0.0904. The number of pyridine rings is 1. The summed E-state index contributed by atoms with van der Waals surface area (Å²) in [7, 11) is -3.20. The molecule has 0 unspecified atom stereocenters. The highest BCUT2D eigenvalue weighted by atomic mass is 32.2. The topological polar surface area (TPSA) is 79.4 Å². The molecule has 1 saturated heterocycles. The number of hydrogen-bond donors (Lipinski definition) is 1. The van der Waals surface area contributed by atoms with Crippen LogP contribution in [0.3, 0.4) is 0 Å². The van der Waals surface area contributed by atoms with E-state index in [0.29, 0.717) is 17.5 Å². The van der Waals surface area contributed by atoms with Crippen molar-refractivity contribution < 1.29 is 13.2 Å². The lowest BCUT2D eigenvalue weighted by Crippen LogP contribution is -2.44. The summed E-state index contributed by atoms with van der Waals surface area (Å²) in [6.07, 6.45) is 5.09. The van der Waals surface area contributed by atoms with Crippen molar-refractivity contribution in [3.8, 4) is 11.3 Å². The molecule has 33 heavy (non-hydrogen) atoms. The zero-order valence-electron chi connectivity index (χ0n) is 18.8.